The number of carbonyl (C=O) groups excluding carboxylic acids is 1. The predicted molar refractivity (Wildman–Crippen MR) is 104 cm³/mol. The third kappa shape index (κ3) is 3.16. The first-order valence-corrected chi connectivity index (χ1v) is 9.58. The standard InChI is InChI=1S/C21H28N2O4/c1-20(2)10-12-23-17-15(20)8-5-9-16(17)22(18(24)19(23)25)11-6-7-14-13-26-21(3,4)27-14/h5-9,14,19,25H,10-13H2,1-4H3. The third-order valence-electron chi connectivity index (χ3n) is 5.75. The molecule has 0 aliphatic carbocycles. The monoisotopic (exact) mass is 372 g/mol. The quantitative estimate of drug-likeness (QED) is 0.827. The summed E-state index contributed by atoms with van der Waals surface area (Å²) in [5.41, 5.74) is 3.05. The molecule has 4 rings (SSSR count). The molecule has 27 heavy (non-hydrogen) atoms. The van der Waals surface area contributed by atoms with E-state index in [4.69, 9.17) is 9.47 Å². The highest BCUT2D eigenvalue weighted by molar-refractivity contribution is 6.05. The Hall–Kier alpha value is -1.89. The molecule has 146 valence electrons. The highest BCUT2D eigenvalue weighted by Gasteiger charge is 2.43. The van der Waals surface area contributed by atoms with Gasteiger partial charge in [0.05, 0.1) is 18.0 Å². The van der Waals surface area contributed by atoms with Crippen molar-refractivity contribution in [2.24, 2.45) is 0 Å². The first-order valence-electron chi connectivity index (χ1n) is 9.58. The Balaban J connectivity index is 1.62. The van der Waals surface area contributed by atoms with Gasteiger partial charge in [-0.25, -0.2) is 0 Å². The Bertz CT molecular complexity index is 786. The topological polar surface area (TPSA) is 62.2 Å². The zero-order valence-electron chi connectivity index (χ0n) is 16.4. The summed E-state index contributed by atoms with van der Waals surface area (Å²) < 4.78 is 11.3. The van der Waals surface area contributed by atoms with Crippen LogP contribution in [0.1, 0.15) is 39.7 Å². The maximum absolute atomic E-state index is 12.8. The summed E-state index contributed by atoms with van der Waals surface area (Å²) in [5.74, 6) is -0.857. The van der Waals surface area contributed by atoms with Crippen LogP contribution in [0, 0.1) is 0 Å². The highest BCUT2D eigenvalue weighted by atomic mass is 16.7. The summed E-state index contributed by atoms with van der Waals surface area (Å²) in [7, 11) is 0. The van der Waals surface area contributed by atoms with E-state index in [-0.39, 0.29) is 17.4 Å². The Morgan fingerprint density at radius 1 is 1.30 bits per heavy atom. The van der Waals surface area contributed by atoms with Gasteiger partial charge in [0.1, 0.15) is 6.10 Å². The Morgan fingerprint density at radius 2 is 2.07 bits per heavy atom. The van der Waals surface area contributed by atoms with Crippen LogP contribution in [-0.2, 0) is 19.7 Å². The smallest absolute Gasteiger partial charge is 0.277 e. The van der Waals surface area contributed by atoms with E-state index in [1.807, 2.05) is 43.0 Å². The molecular formula is C21H28N2O4. The van der Waals surface area contributed by atoms with Crippen LogP contribution >= 0.6 is 0 Å². The molecule has 3 aliphatic rings. The van der Waals surface area contributed by atoms with Crippen LogP contribution in [0.25, 0.3) is 0 Å². The van der Waals surface area contributed by atoms with Crippen LogP contribution in [0.3, 0.4) is 0 Å². The first-order chi connectivity index (χ1) is 12.7. The SMILES string of the molecule is CC1(C)OCC(C=CCN2C(=O)C(O)N3CCC(C)(C)c4cccc2c43)O1. The van der Waals surface area contributed by atoms with Gasteiger partial charge in [-0.1, -0.05) is 38.1 Å². The molecule has 1 fully saturated rings. The van der Waals surface area contributed by atoms with Crippen molar-refractivity contribution in [3.8, 4) is 0 Å². The van der Waals surface area contributed by atoms with E-state index in [1.165, 1.54) is 5.56 Å². The number of amides is 1. The number of ether oxygens (including phenoxy) is 2. The van der Waals surface area contributed by atoms with E-state index >= 15 is 0 Å². The molecule has 2 unspecified atom stereocenters. The Kier molecular flexibility index (Phi) is 4.33. The third-order valence-corrected chi connectivity index (χ3v) is 5.75. The average Bonchev–Trinajstić information content (AvgIpc) is 2.96. The summed E-state index contributed by atoms with van der Waals surface area (Å²) in [6.07, 6.45) is 3.50. The van der Waals surface area contributed by atoms with E-state index in [2.05, 4.69) is 19.9 Å². The van der Waals surface area contributed by atoms with Gasteiger partial charge in [-0.15, -0.1) is 0 Å². The van der Waals surface area contributed by atoms with E-state index in [1.54, 1.807) is 4.90 Å². The zero-order valence-corrected chi connectivity index (χ0v) is 16.4. The van der Waals surface area contributed by atoms with Crippen molar-refractivity contribution >= 4 is 17.3 Å². The highest BCUT2D eigenvalue weighted by Crippen LogP contribution is 2.47. The van der Waals surface area contributed by atoms with Crippen molar-refractivity contribution in [2.45, 2.75) is 57.6 Å². The number of aliphatic hydroxyl groups excluding tert-OH is 1. The van der Waals surface area contributed by atoms with E-state index in [9.17, 15) is 9.90 Å². The van der Waals surface area contributed by atoms with Crippen LogP contribution in [0.4, 0.5) is 11.4 Å². The first kappa shape index (κ1) is 18.5. The van der Waals surface area contributed by atoms with Crippen LogP contribution in [0.5, 0.6) is 0 Å². The van der Waals surface area contributed by atoms with Crippen molar-refractivity contribution in [3.63, 3.8) is 0 Å². The van der Waals surface area contributed by atoms with Crippen LogP contribution in [0.2, 0.25) is 0 Å². The molecule has 0 spiro atoms. The lowest BCUT2D eigenvalue weighted by atomic mass is 9.76. The predicted octanol–water partition coefficient (Wildman–Crippen LogP) is 2.55. The number of hydrogen-bond donors (Lipinski definition) is 1. The van der Waals surface area contributed by atoms with Gasteiger partial charge in [0, 0.05) is 13.1 Å². The molecule has 1 aromatic rings. The molecule has 6 nitrogen and oxygen atoms in total. The van der Waals surface area contributed by atoms with Crippen molar-refractivity contribution < 1.29 is 19.4 Å². The molecule has 1 saturated heterocycles. The van der Waals surface area contributed by atoms with Crippen LogP contribution in [-0.4, -0.2) is 48.8 Å². The molecule has 2 atom stereocenters. The molecule has 0 aromatic heterocycles. The number of hydrogen-bond acceptors (Lipinski definition) is 5. The number of nitrogens with zero attached hydrogens (tertiary/aromatic N) is 2. The van der Waals surface area contributed by atoms with Crippen LogP contribution < -0.4 is 9.80 Å². The van der Waals surface area contributed by atoms with E-state index in [0.29, 0.717) is 19.7 Å². The van der Waals surface area contributed by atoms with Crippen molar-refractivity contribution in [3.05, 3.63) is 35.9 Å². The minimum Gasteiger partial charge on any atom is -0.365 e. The summed E-state index contributed by atoms with van der Waals surface area (Å²) in [6.45, 7) is 9.77. The fourth-order valence-electron chi connectivity index (χ4n) is 4.20. The average molecular weight is 372 g/mol. The molecular weight excluding hydrogens is 344 g/mol. The van der Waals surface area contributed by atoms with Crippen molar-refractivity contribution in [1.29, 1.82) is 0 Å². The van der Waals surface area contributed by atoms with Crippen molar-refractivity contribution in [1.82, 2.24) is 0 Å². The number of aliphatic hydroxyl groups is 1. The molecule has 0 radical (unpaired) electrons. The molecule has 0 saturated carbocycles. The Labute approximate surface area is 160 Å². The fraction of sp³-hybridized carbons (Fsp3) is 0.571. The molecule has 1 N–H and O–H groups in total. The second kappa shape index (κ2) is 6.33. The normalized spacial score (nSPS) is 28.7. The summed E-state index contributed by atoms with van der Waals surface area (Å²) >= 11 is 0. The molecule has 6 heteroatoms. The maximum Gasteiger partial charge on any atom is 0.277 e. The van der Waals surface area contributed by atoms with Gasteiger partial charge in [0.25, 0.3) is 5.91 Å². The molecule has 0 bridgehead atoms. The minimum atomic E-state index is -1.13. The molecule has 3 aliphatic heterocycles. The number of para-hydroxylation sites is 1. The largest absolute Gasteiger partial charge is 0.365 e. The summed E-state index contributed by atoms with van der Waals surface area (Å²) in [5, 5.41) is 10.6. The minimum absolute atomic E-state index is 0.0179. The summed E-state index contributed by atoms with van der Waals surface area (Å²) in [4.78, 5) is 16.3. The second-order valence-corrected chi connectivity index (χ2v) is 8.62. The van der Waals surface area contributed by atoms with E-state index in [0.717, 1.165) is 17.8 Å². The van der Waals surface area contributed by atoms with Gasteiger partial charge in [-0.3, -0.25) is 4.79 Å². The number of benzene rings is 1. The number of rotatable bonds is 3. The lowest BCUT2D eigenvalue weighted by Gasteiger charge is -2.47. The lowest BCUT2D eigenvalue weighted by Crippen LogP contribution is -2.56. The van der Waals surface area contributed by atoms with Gasteiger partial charge in [-0.05, 0) is 37.3 Å². The van der Waals surface area contributed by atoms with Crippen LogP contribution in [0.15, 0.2) is 30.4 Å². The molecule has 3 heterocycles. The Morgan fingerprint density at radius 3 is 2.78 bits per heavy atom. The van der Waals surface area contributed by atoms with Gasteiger partial charge >= 0.3 is 0 Å². The number of anilines is 2. The second-order valence-electron chi connectivity index (χ2n) is 8.62. The van der Waals surface area contributed by atoms with E-state index < -0.39 is 12.0 Å². The summed E-state index contributed by atoms with van der Waals surface area (Å²) in [6, 6.07) is 6.06. The zero-order chi connectivity index (χ0) is 19.4. The lowest BCUT2D eigenvalue weighted by molar-refractivity contribution is -0.133. The number of carbonyl (C=O) groups is 1. The van der Waals surface area contributed by atoms with Crippen molar-refractivity contribution in [2.75, 3.05) is 29.5 Å². The van der Waals surface area contributed by atoms with Gasteiger partial charge in [0.15, 0.2) is 5.79 Å². The van der Waals surface area contributed by atoms with Gasteiger partial charge in [0.2, 0.25) is 6.23 Å². The molecule has 1 aromatic carbocycles. The molecule has 1 amide bonds. The van der Waals surface area contributed by atoms with Gasteiger partial charge in [-0.2, -0.15) is 0 Å². The maximum atomic E-state index is 12.8. The fourth-order valence-corrected chi connectivity index (χ4v) is 4.20. The van der Waals surface area contributed by atoms with Gasteiger partial charge < -0.3 is 24.4 Å².